The molecule has 2 aromatic heterocycles. The Morgan fingerprint density at radius 1 is 0.426 bits per heavy atom. The van der Waals surface area contributed by atoms with Gasteiger partial charge >= 0.3 is 0 Å². The van der Waals surface area contributed by atoms with E-state index in [0.717, 1.165) is 72.5 Å². The molecule has 4 nitrogen and oxygen atoms in total. The van der Waals surface area contributed by atoms with Crippen molar-refractivity contribution in [2.75, 3.05) is 0 Å². The van der Waals surface area contributed by atoms with Gasteiger partial charge in [-0.3, -0.25) is 9.55 Å². The molecule has 0 radical (unpaired) electrons. The van der Waals surface area contributed by atoms with Crippen LogP contribution in [0.5, 0.6) is 5.75 Å². The highest BCUT2D eigenvalue weighted by molar-refractivity contribution is 5.98. The molecule has 4 heteroatoms. The van der Waals surface area contributed by atoms with Crippen LogP contribution in [0.4, 0.5) is 0 Å². The highest BCUT2D eigenvalue weighted by Gasteiger charge is 2.24. The van der Waals surface area contributed by atoms with Gasteiger partial charge in [-0.25, -0.2) is 4.98 Å². The number of phenols is 1. The summed E-state index contributed by atoms with van der Waals surface area (Å²) in [6, 6.07) is 73.7. The fraction of sp³-hybridized carbons (Fsp3) is 0.0526. The summed E-state index contributed by atoms with van der Waals surface area (Å²) in [5, 5.41) is 11.3. The van der Waals surface area contributed by atoms with Gasteiger partial charge in [0.2, 0.25) is 0 Å². The smallest absolute Gasteiger partial charge is 0.149 e. The minimum absolute atomic E-state index is 0.121. The van der Waals surface area contributed by atoms with Gasteiger partial charge < -0.3 is 5.11 Å². The van der Waals surface area contributed by atoms with E-state index in [-0.39, 0.29) is 11.2 Å². The Bertz CT molecular complexity index is 3150. The lowest BCUT2D eigenvalue weighted by atomic mass is 9.78. The van der Waals surface area contributed by atoms with Crippen LogP contribution in [0, 0.1) is 0 Å². The average Bonchev–Trinajstić information content (AvgIpc) is 3.72. The van der Waals surface area contributed by atoms with Crippen LogP contribution >= 0.6 is 0 Å². The Morgan fingerprint density at radius 3 is 1.74 bits per heavy atom. The highest BCUT2D eigenvalue weighted by Crippen LogP contribution is 2.42. The summed E-state index contributed by atoms with van der Waals surface area (Å²) in [4.78, 5) is 10.4. The molecule has 1 N–H and O–H groups in total. The number of imidazole rings is 1. The summed E-state index contributed by atoms with van der Waals surface area (Å²) in [5.41, 5.74) is 16.3. The van der Waals surface area contributed by atoms with Crippen LogP contribution in [0.1, 0.15) is 25.0 Å². The molecular weight excluding hydrogens is 743 g/mol. The van der Waals surface area contributed by atoms with E-state index in [1.165, 1.54) is 11.1 Å². The second-order valence-electron chi connectivity index (χ2n) is 16.0. The predicted molar refractivity (Wildman–Crippen MR) is 252 cm³/mol. The number of rotatable bonds is 9. The Labute approximate surface area is 356 Å². The molecule has 0 saturated carbocycles. The number of nitrogens with zero attached hydrogens (tertiary/aromatic N) is 3. The maximum Gasteiger partial charge on any atom is 0.149 e. The second-order valence-corrected chi connectivity index (χ2v) is 16.0. The van der Waals surface area contributed by atoms with Crippen molar-refractivity contribution < 1.29 is 5.11 Å². The molecule has 0 saturated heterocycles. The Kier molecular flexibility index (Phi) is 9.66. The van der Waals surface area contributed by atoms with Crippen molar-refractivity contribution in [1.29, 1.82) is 0 Å². The maximum atomic E-state index is 11.3. The average molecular weight is 786 g/mol. The van der Waals surface area contributed by atoms with Crippen molar-refractivity contribution in [3.8, 4) is 78.6 Å². The van der Waals surface area contributed by atoms with E-state index in [9.17, 15) is 5.11 Å². The lowest BCUT2D eigenvalue weighted by Gasteiger charge is -2.26. The molecule has 0 aliphatic rings. The zero-order valence-corrected chi connectivity index (χ0v) is 34.1. The first-order valence-corrected chi connectivity index (χ1v) is 20.7. The van der Waals surface area contributed by atoms with Gasteiger partial charge in [0.1, 0.15) is 11.6 Å². The van der Waals surface area contributed by atoms with Gasteiger partial charge in [0.25, 0.3) is 0 Å². The van der Waals surface area contributed by atoms with E-state index in [0.29, 0.717) is 11.4 Å². The van der Waals surface area contributed by atoms with Crippen LogP contribution in [0.25, 0.3) is 83.9 Å². The van der Waals surface area contributed by atoms with Crippen LogP contribution in [-0.2, 0) is 5.41 Å². The number of pyridine rings is 1. The van der Waals surface area contributed by atoms with Crippen LogP contribution < -0.4 is 0 Å². The van der Waals surface area contributed by atoms with Gasteiger partial charge in [-0.15, -0.1) is 0 Å². The van der Waals surface area contributed by atoms with Crippen LogP contribution in [0.2, 0.25) is 0 Å². The summed E-state index contributed by atoms with van der Waals surface area (Å²) in [7, 11) is 0. The monoisotopic (exact) mass is 785 g/mol. The Hall–Kier alpha value is -7.82. The van der Waals surface area contributed by atoms with Crippen molar-refractivity contribution in [3.05, 3.63) is 230 Å². The highest BCUT2D eigenvalue weighted by atomic mass is 16.3. The largest absolute Gasteiger partial charge is 0.507 e. The molecule has 0 aliphatic carbocycles. The third-order valence-corrected chi connectivity index (χ3v) is 11.9. The summed E-state index contributed by atoms with van der Waals surface area (Å²) in [5.74, 6) is 0.836. The minimum atomic E-state index is -0.121. The molecule has 0 atom stereocenters. The van der Waals surface area contributed by atoms with E-state index >= 15 is 0 Å². The molecule has 0 fully saturated rings. The zero-order valence-electron chi connectivity index (χ0n) is 34.1. The molecule has 10 aromatic rings. The van der Waals surface area contributed by atoms with Crippen LogP contribution in [-0.4, -0.2) is 19.6 Å². The van der Waals surface area contributed by atoms with Crippen molar-refractivity contribution in [2.45, 2.75) is 19.3 Å². The third-order valence-electron chi connectivity index (χ3n) is 11.9. The molecule has 0 unspecified atom stereocenters. The molecule has 2 heterocycles. The first-order chi connectivity index (χ1) is 29.9. The van der Waals surface area contributed by atoms with Crippen LogP contribution in [0.15, 0.2) is 219 Å². The molecular formula is C57H43N3O. The van der Waals surface area contributed by atoms with Crippen molar-refractivity contribution >= 4 is 11.0 Å². The molecule has 61 heavy (non-hydrogen) atoms. The lowest BCUT2D eigenvalue weighted by molar-refractivity contribution is 0.477. The van der Waals surface area contributed by atoms with Gasteiger partial charge in [-0.2, -0.15) is 0 Å². The second kappa shape index (κ2) is 15.7. The fourth-order valence-electron chi connectivity index (χ4n) is 8.55. The number of hydrogen-bond donors (Lipinski definition) is 1. The van der Waals surface area contributed by atoms with Gasteiger partial charge in [0, 0.05) is 28.3 Å². The molecule has 0 aliphatic heterocycles. The number of aromatic nitrogens is 3. The van der Waals surface area contributed by atoms with Crippen molar-refractivity contribution in [3.63, 3.8) is 0 Å². The third kappa shape index (κ3) is 7.08. The normalized spacial score (nSPS) is 11.5. The molecule has 8 aromatic carbocycles. The SMILES string of the molecule is CC(C)(c1ccccc1)c1ccc(-c2ccnc(-c3cc(-c4ccccc4)cc(-c4cccc5c4nc(-c4ccccc4O)n5-c4ccccc4-c4ccccc4)c3)c2)cc1. The molecule has 0 bridgehead atoms. The van der Waals surface area contributed by atoms with Gasteiger partial charge in [-0.05, 0) is 99.1 Å². The predicted octanol–water partition coefficient (Wildman–Crippen LogP) is 14.5. The standard InChI is InChI=1S/C57H43N3O/c1-57(2,46-21-10-5-11-22-46)47-31-29-40(30-32-47)42-33-34-58-51(38-42)45-36-43(39-17-6-3-7-18-39)35-44(37-45)49-25-16-27-53-55(49)59-56(50-24-13-15-28-54(50)61)60(53)52-26-14-12-23-48(52)41-19-8-4-9-20-41/h3-38,61H,1-2H3. The number of benzene rings is 8. The summed E-state index contributed by atoms with van der Waals surface area (Å²) < 4.78 is 2.19. The number of fused-ring (bicyclic) bond motifs is 1. The number of phenolic OH excluding ortho intramolecular Hbond substituents is 1. The topological polar surface area (TPSA) is 50.9 Å². The minimum Gasteiger partial charge on any atom is -0.507 e. The summed E-state index contributed by atoms with van der Waals surface area (Å²) in [6.45, 7) is 4.56. The van der Waals surface area contributed by atoms with Gasteiger partial charge in [0.15, 0.2) is 0 Å². The lowest BCUT2D eigenvalue weighted by Crippen LogP contribution is -2.18. The van der Waals surface area contributed by atoms with Gasteiger partial charge in [0.05, 0.1) is 28.0 Å². The number of aromatic hydroxyl groups is 1. The summed E-state index contributed by atoms with van der Waals surface area (Å²) >= 11 is 0. The Morgan fingerprint density at radius 2 is 1.00 bits per heavy atom. The molecule has 0 amide bonds. The van der Waals surface area contributed by atoms with Crippen LogP contribution in [0.3, 0.4) is 0 Å². The summed E-state index contributed by atoms with van der Waals surface area (Å²) in [6.07, 6.45) is 1.91. The quantitative estimate of drug-likeness (QED) is 0.159. The maximum absolute atomic E-state index is 11.3. The first-order valence-electron chi connectivity index (χ1n) is 20.7. The molecule has 0 spiro atoms. The Balaban J connectivity index is 1.13. The van der Waals surface area contributed by atoms with E-state index in [1.54, 1.807) is 6.07 Å². The van der Waals surface area contributed by atoms with E-state index in [4.69, 9.17) is 9.97 Å². The van der Waals surface area contributed by atoms with Crippen molar-refractivity contribution in [2.24, 2.45) is 0 Å². The van der Waals surface area contributed by atoms with E-state index in [1.807, 2.05) is 36.5 Å². The number of para-hydroxylation sites is 3. The molecule has 10 rings (SSSR count). The first kappa shape index (κ1) is 37.5. The number of hydrogen-bond acceptors (Lipinski definition) is 3. The zero-order chi connectivity index (χ0) is 41.3. The fourth-order valence-corrected chi connectivity index (χ4v) is 8.55. The van der Waals surface area contributed by atoms with Gasteiger partial charge in [-0.1, -0.05) is 172 Å². The van der Waals surface area contributed by atoms with E-state index < -0.39 is 0 Å². The van der Waals surface area contributed by atoms with Crippen molar-refractivity contribution in [1.82, 2.24) is 14.5 Å². The molecule has 292 valence electrons. The van der Waals surface area contributed by atoms with E-state index in [2.05, 4.69) is 194 Å².